The number of hydrogen-bond donors (Lipinski definition) is 3. The number of aromatic nitrogens is 3. The molecule has 1 fully saturated rings. The minimum atomic E-state index is -4.88. The summed E-state index contributed by atoms with van der Waals surface area (Å²) < 4.78 is 69.0. The zero-order valence-electron chi connectivity index (χ0n) is 15.7. The number of alkyl halides is 4. The van der Waals surface area contributed by atoms with Crippen LogP contribution in [0.2, 0.25) is 0 Å². The molecule has 30 heavy (non-hydrogen) atoms. The Morgan fingerprint density at radius 3 is 2.63 bits per heavy atom. The summed E-state index contributed by atoms with van der Waals surface area (Å²) in [5.74, 6) is -0.857. The maximum Gasteiger partial charge on any atom is 0.421 e. The summed E-state index contributed by atoms with van der Waals surface area (Å²) >= 11 is 0. The average Bonchev–Trinajstić information content (AvgIpc) is 3.28. The third kappa shape index (κ3) is 3.47. The van der Waals surface area contributed by atoms with Crippen molar-refractivity contribution in [2.24, 2.45) is 0 Å². The smallest absolute Gasteiger partial charge is 0.376 e. The van der Waals surface area contributed by atoms with E-state index in [0.717, 1.165) is 18.3 Å². The highest BCUT2D eigenvalue weighted by Crippen LogP contribution is 2.38. The minimum Gasteiger partial charge on any atom is -0.376 e. The summed E-state index contributed by atoms with van der Waals surface area (Å²) in [6, 6.07) is 4.30. The van der Waals surface area contributed by atoms with Gasteiger partial charge in [0.25, 0.3) is 0 Å². The maximum atomic E-state index is 14.2. The topological polar surface area (TPSA) is 74.5 Å². The zero-order valence-corrected chi connectivity index (χ0v) is 15.7. The second-order valence-corrected chi connectivity index (χ2v) is 7.31. The van der Waals surface area contributed by atoms with Crippen LogP contribution < -0.4 is 10.6 Å². The quantitative estimate of drug-likeness (QED) is 0.559. The fourth-order valence-corrected chi connectivity index (χ4v) is 3.27. The molecule has 0 aliphatic carbocycles. The van der Waals surface area contributed by atoms with Gasteiger partial charge in [-0.1, -0.05) is 6.07 Å². The second kappa shape index (κ2) is 7.17. The number of nitrogens with one attached hydrogen (secondary N) is 2. The molecule has 3 aromatic rings. The van der Waals surface area contributed by atoms with Crippen molar-refractivity contribution in [1.29, 1.82) is 0 Å². The van der Waals surface area contributed by atoms with Gasteiger partial charge >= 0.3 is 6.18 Å². The second-order valence-electron chi connectivity index (χ2n) is 7.31. The number of aliphatic hydroxyl groups is 1. The first kappa shape index (κ1) is 20.5. The Morgan fingerprint density at radius 1 is 1.20 bits per heavy atom. The molecule has 0 amide bonds. The number of fused-ring (bicyclic) bond motifs is 1. The molecule has 1 saturated heterocycles. The summed E-state index contributed by atoms with van der Waals surface area (Å²) in [7, 11) is 0. The van der Waals surface area contributed by atoms with Gasteiger partial charge in [-0.25, -0.2) is 18.7 Å². The number of halogens is 5. The number of nitrogens with zero attached hydrogens (tertiary/aromatic N) is 3. The van der Waals surface area contributed by atoms with E-state index in [1.54, 1.807) is 0 Å². The third-order valence-corrected chi connectivity index (χ3v) is 5.19. The molecule has 3 aromatic heterocycles. The zero-order chi connectivity index (χ0) is 21.7. The summed E-state index contributed by atoms with van der Waals surface area (Å²) in [5, 5.41) is 15.5. The van der Waals surface area contributed by atoms with Crippen molar-refractivity contribution in [1.82, 2.24) is 19.7 Å². The lowest BCUT2D eigenvalue weighted by Gasteiger charge is -2.26. The Balaban J connectivity index is 1.74. The third-order valence-electron chi connectivity index (χ3n) is 5.19. The first-order valence-corrected chi connectivity index (χ1v) is 9.13. The molecule has 0 radical (unpaired) electrons. The van der Waals surface area contributed by atoms with Crippen LogP contribution in [0.25, 0.3) is 17.0 Å². The summed E-state index contributed by atoms with van der Waals surface area (Å²) in [6.07, 6.45) is -3.61. The molecule has 1 unspecified atom stereocenters. The van der Waals surface area contributed by atoms with Crippen LogP contribution in [-0.2, 0) is 5.60 Å². The van der Waals surface area contributed by atoms with Gasteiger partial charge in [-0.2, -0.15) is 13.2 Å². The van der Waals surface area contributed by atoms with Crippen LogP contribution in [0.15, 0.2) is 36.7 Å². The number of hydrogen-bond acceptors (Lipinski definition) is 5. The monoisotopic (exact) mass is 427 g/mol. The molecule has 160 valence electrons. The van der Waals surface area contributed by atoms with Gasteiger partial charge in [-0.15, -0.1) is 0 Å². The molecular formula is C19H18F5N5O. The largest absolute Gasteiger partial charge is 0.421 e. The van der Waals surface area contributed by atoms with E-state index in [0.29, 0.717) is 19.1 Å². The fourth-order valence-electron chi connectivity index (χ4n) is 3.27. The van der Waals surface area contributed by atoms with E-state index in [4.69, 9.17) is 0 Å². The summed E-state index contributed by atoms with van der Waals surface area (Å²) in [4.78, 5) is 8.30. The van der Waals surface area contributed by atoms with Crippen LogP contribution in [-0.4, -0.2) is 51.0 Å². The Bertz CT molecular complexity index is 1080. The van der Waals surface area contributed by atoms with Crippen LogP contribution in [0.4, 0.5) is 27.8 Å². The number of anilines is 1. The van der Waals surface area contributed by atoms with Crippen molar-refractivity contribution < 1.29 is 27.1 Å². The van der Waals surface area contributed by atoms with Gasteiger partial charge < -0.3 is 15.7 Å². The van der Waals surface area contributed by atoms with Gasteiger partial charge in [0.2, 0.25) is 0 Å². The van der Waals surface area contributed by atoms with E-state index < -0.39 is 29.8 Å². The fraction of sp³-hybridized carbons (Fsp3) is 0.368. The van der Waals surface area contributed by atoms with E-state index in [2.05, 4.69) is 20.6 Å². The Kier molecular flexibility index (Phi) is 4.89. The molecule has 3 N–H and O–H groups in total. The van der Waals surface area contributed by atoms with E-state index in [9.17, 15) is 27.1 Å². The van der Waals surface area contributed by atoms with Crippen LogP contribution in [0, 0.1) is 5.82 Å². The highest BCUT2D eigenvalue weighted by Gasteiger charge is 2.51. The minimum absolute atomic E-state index is 0.147. The van der Waals surface area contributed by atoms with Gasteiger partial charge in [-0.05, 0) is 25.1 Å². The molecule has 3 atom stereocenters. The number of pyridine rings is 2. The molecule has 0 spiro atoms. The van der Waals surface area contributed by atoms with Crippen molar-refractivity contribution in [3.8, 4) is 11.4 Å². The molecular weight excluding hydrogens is 409 g/mol. The molecule has 0 aromatic carbocycles. The molecule has 1 aliphatic rings. The van der Waals surface area contributed by atoms with Gasteiger partial charge in [0.15, 0.2) is 17.2 Å². The highest BCUT2D eigenvalue weighted by atomic mass is 19.4. The standard InChI is InChI=1S/C19H18F5N5O/c1-18(30,19(22,23)24)10-2-5-16-26-8-15(29(16)9-10)13-4-3-11(20)17(27-13)28-14-7-25-6-12(14)21/h2-5,8-9,12,14,25,30H,6-7H2,1H3,(H,27,28)/t12-,14-,18?/m0/s1. The van der Waals surface area contributed by atoms with E-state index in [1.807, 2.05) is 0 Å². The molecule has 4 heterocycles. The first-order chi connectivity index (χ1) is 14.1. The van der Waals surface area contributed by atoms with Gasteiger partial charge in [-0.3, -0.25) is 4.40 Å². The van der Waals surface area contributed by atoms with E-state index >= 15 is 0 Å². The normalized spacial score (nSPS) is 21.7. The van der Waals surface area contributed by atoms with Gasteiger partial charge in [0, 0.05) is 24.8 Å². The molecule has 11 heteroatoms. The molecule has 6 nitrogen and oxygen atoms in total. The van der Waals surface area contributed by atoms with Crippen molar-refractivity contribution in [2.45, 2.75) is 30.9 Å². The average molecular weight is 427 g/mol. The van der Waals surface area contributed by atoms with E-state index in [1.165, 1.54) is 22.7 Å². The molecule has 0 bridgehead atoms. The predicted molar refractivity (Wildman–Crippen MR) is 99.2 cm³/mol. The van der Waals surface area contributed by atoms with Crippen LogP contribution in [0.1, 0.15) is 12.5 Å². The lowest BCUT2D eigenvalue weighted by molar-refractivity contribution is -0.259. The molecule has 1 aliphatic heterocycles. The first-order valence-electron chi connectivity index (χ1n) is 9.13. The van der Waals surface area contributed by atoms with Crippen LogP contribution in [0.3, 0.4) is 0 Å². The maximum absolute atomic E-state index is 14.2. The Morgan fingerprint density at radius 2 is 1.97 bits per heavy atom. The number of rotatable bonds is 4. The van der Waals surface area contributed by atoms with Crippen LogP contribution in [0.5, 0.6) is 0 Å². The van der Waals surface area contributed by atoms with Crippen LogP contribution >= 0.6 is 0 Å². The lowest BCUT2D eigenvalue weighted by atomic mass is 9.97. The Hall–Kier alpha value is -2.79. The predicted octanol–water partition coefficient (Wildman–Crippen LogP) is 3.03. The Labute approximate surface area is 167 Å². The summed E-state index contributed by atoms with van der Waals surface area (Å²) in [6.45, 7) is 1.11. The van der Waals surface area contributed by atoms with Crippen molar-refractivity contribution >= 4 is 11.5 Å². The highest BCUT2D eigenvalue weighted by molar-refractivity contribution is 5.62. The van der Waals surface area contributed by atoms with Crippen molar-refractivity contribution in [3.63, 3.8) is 0 Å². The van der Waals surface area contributed by atoms with E-state index in [-0.39, 0.29) is 29.3 Å². The summed E-state index contributed by atoms with van der Waals surface area (Å²) in [5.41, 5.74) is -2.64. The lowest BCUT2D eigenvalue weighted by Crippen LogP contribution is -2.39. The molecule has 0 saturated carbocycles. The number of imidazole rings is 1. The SMILES string of the molecule is CC(O)(c1ccc2ncc(-c3ccc(F)c(N[C@H]4CNC[C@@H]4F)n3)n2c1)C(F)(F)F. The molecule has 4 rings (SSSR count). The van der Waals surface area contributed by atoms with Gasteiger partial charge in [0.1, 0.15) is 11.8 Å². The van der Waals surface area contributed by atoms with Gasteiger partial charge in [0.05, 0.1) is 23.6 Å². The van der Waals surface area contributed by atoms with Crippen molar-refractivity contribution in [3.05, 3.63) is 48.0 Å². The van der Waals surface area contributed by atoms with Crippen molar-refractivity contribution in [2.75, 3.05) is 18.4 Å².